The predicted octanol–water partition coefficient (Wildman–Crippen LogP) is 0.675. The van der Waals surface area contributed by atoms with Crippen molar-refractivity contribution in [1.29, 1.82) is 0 Å². The summed E-state index contributed by atoms with van der Waals surface area (Å²) in [5, 5.41) is 0. The fourth-order valence-corrected chi connectivity index (χ4v) is 0. The summed E-state index contributed by atoms with van der Waals surface area (Å²) >= 11 is 0. The summed E-state index contributed by atoms with van der Waals surface area (Å²) in [4.78, 5) is 21.0. The van der Waals surface area contributed by atoms with Crippen LogP contribution in [0.4, 0.5) is 0 Å². The molecule has 0 aromatic carbocycles. The highest BCUT2D eigenvalue weighted by molar-refractivity contribution is 7.16. The van der Waals surface area contributed by atoms with Crippen molar-refractivity contribution < 1.29 is 31.2 Å². The van der Waals surface area contributed by atoms with E-state index in [9.17, 15) is 0 Å². The molecule has 0 aliphatic carbocycles. The zero-order valence-electron chi connectivity index (χ0n) is 6.67. The molecule has 0 fully saturated rings. The Bertz CT molecular complexity index is 57.5. The van der Waals surface area contributed by atoms with E-state index in [2.05, 4.69) is 0 Å². The third kappa shape index (κ3) is 21200. The van der Waals surface area contributed by atoms with Crippen LogP contribution < -0.4 is 6.15 Å². The maximum Gasteiger partial charge on any atom is 1.00 e. The summed E-state index contributed by atoms with van der Waals surface area (Å²) in [6.45, 7) is 0. The van der Waals surface area contributed by atoms with Gasteiger partial charge < -0.3 is 15.9 Å². The van der Waals surface area contributed by atoms with Crippen LogP contribution in [0.5, 0.6) is 0 Å². The SMILES string of the molecule is N.O=PO.O=PO.O=[PH+]O.[H+].[H+]. The lowest BCUT2D eigenvalue weighted by molar-refractivity contribution is 0.523. The molecule has 7 nitrogen and oxygen atoms in total. The first-order valence-electron chi connectivity index (χ1n) is 1.19. The third-order valence-electron chi connectivity index (χ3n) is 0. The van der Waals surface area contributed by atoms with Crippen LogP contribution in [-0.4, -0.2) is 14.7 Å². The van der Waals surface area contributed by atoms with Gasteiger partial charge in [-0.05, 0) is 4.57 Å². The van der Waals surface area contributed by atoms with Crippen LogP contribution in [-0.2, 0) is 13.7 Å². The smallest absolute Gasteiger partial charge is 0.344 e. The highest BCUT2D eigenvalue weighted by atomic mass is 31.1. The van der Waals surface area contributed by atoms with Gasteiger partial charge in [-0.25, -0.2) is 9.13 Å². The minimum Gasteiger partial charge on any atom is -0.344 e. The third-order valence-corrected chi connectivity index (χ3v) is 0. The molecule has 0 spiro atoms. The van der Waals surface area contributed by atoms with Crippen LogP contribution in [0.1, 0.15) is 2.85 Å². The average Bonchev–Trinajstić information content (AvgIpc) is 1.70. The molecule has 1 atom stereocenters. The van der Waals surface area contributed by atoms with E-state index in [0.29, 0.717) is 0 Å². The van der Waals surface area contributed by atoms with Gasteiger partial charge in [0.2, 0.25) is 0 Å². The second-order valence-electron chi connectivity index (χ2n) is 0.255. The molecule has 62 valence electrons. The van der Waals surface area contributed by atoms with Gasteiger partial charge in [0.05, 0.1) is 0 Å². The highest BCUT2D eigenvalue weighted by Crippen LogP contribution is 1.66. The van der Waals surface area contributed by atoms with Crippen molar-refractivity contribution in [1.82, 2.24) is 6.15 Å². The molecular weight excluding hydrogens is 203 g/mol. The number of hydrogen-bond donors (Lipinski definition) is 4. The number of rotatable bonds is 0. The molecule has 0 saturated heterocycles. The molecule has 0 radical (unpaired) electrons. The molecule has 0 heterocycles. The van der Waals surface area contributed by atoms with Crippen LogP contribution >= 0.6 is 26.1 Å². The first-order chi connectivity index (χ1) is 4.24. The lowest BCUT2D eigenvalue weighted by atomic mass is 14.0. The minimum absolute atomic E-state index is 0. The van der Waals surface area contributed by atoms with Crippen LogP contribution in [0.25, 0.3) is 0 Å². The van der Waals surface area contributed by atoms with Crippen molar-refractivity contribution in [3.8, 4) is 0 Å². The lowest BCUT2D eigenvalue weighted by Crippen LogP contribution is -1.03. The largest absolute Gasteiger partial charge is 1.00 e. The Hall–Kier alpha value is 0.140. The summed E-state index contributed by atoms with van der Waals surface area (Å²) in [7, 11) is -2.83. The minimum atomic E-state index is -1.17. The van der Waals surface area contributed by atoms with Crippen molar-refractivity contribution in [2.24, 2.45) is 0 Å². The van der Waals surface area contributed by atoms with Gasteiger partial charge in [0.1, 0.15) is 0 Å². The Morgan fingerprint density at radius 2 is 1.20 bits per heavy atom. The van der Waals surface area contributed by atoms with Gasteiger partial charge in [0, 0.05) is 0 Å². The van der Waals surface area contributed by atoms with Gasteiger partial charge in [0.15, 0.2) is 0 Å². The van der Waals surface area contributed by atoms with Gasteiger partial charge in [-0.1, -0.05) is 0 Å². The lowest BCUT2D eigenvalue weighted by Gasteiger charge is -1.24. The number of hydrogen-bond acceptors (Lipinski definition) is 4. The molecule has 1 unspecified atom stereocenters. The Balaban J connectivity index is -0.00000001000. The van der Waals surface area contributed by atoms with Crippen LogP contribution in [0, 0.1) is 0 Å². The molecule has 0 bridgehead atoms. The van der Waals surface area contributed by atoms with Gasteiger partial charge in [0.25, 0.3) is 0 Å². The fourth-order valence-electron chi connectivity index (χ4n) is 0. The molecular formula is H9NO6P3+3. The summed E-state index contributed by atoms with van der Waals surface area (Å²) in [6, 6.07) is 0. The molecule has 6 N–H and O–H groups in total. The predicted molar refractivity (Wildman–Crippen MR) is 38.1 cm³/mol. The Morgan fingerprint density at radius 1 is 1.20 bits per heavy atom. The Labute approximate surface area is 64.5 Å². The van der Waals surface area contributed by atoms with Gasteiger partial charge >= 0.3 is 28.9 Å². The zero-order valence-corrected chi connectivity index (χ0v) is 7.46. The molecule has 10 heteroatoms. The zero-order chi connectivity index (χ0) is 8.12. The second kappa shape index (κ2) is 61.4. The quantitative estimate of drug-likeness (QED) is 0.431. The normalized spacial score (nSPS) is 6.30. The highest BCUT2D eigenvalue weighted by Gasteiger charge is 1.45. The van der Waals surface area contributed by atoms with E-state index in [-0.39, 0.29) is 9.00 Å². The first-order valence-corrected chi connectivity index (χ1v) is 3.58. The Morgan fingerprint density at radius 3 is 1.20 bits per heavy atom. The van der Waals surface area contributed by atoms with E-state index in [0.717, 1.165) is 0 Å². The van der Waals surface area contributed by atoms with Crippen LogP contribution in [0.15, 0.2) is 0 Å². The van der Waals surface area contributed by atoms with Crippen molar-refractivity contribution >= 4 is 26.1 Å². The molecule has 0 amide bonds. The van der Waals surface area contributed by atoms with Gasteiger partial charge in [-0.3, -0.25) is 0 Å². The maximum absolute atomic E-state index is 8.51. The molecule has 0 aliphatic rings. The van der Waals surface area contributed by atoms with Gasteiger partial charge in [-0.15, -0.1) is 0 Å². The molecule has 10 heavy (non-hydrogen) atoms. The van der Waals surface area contributed by atoms with Crippen LogP contribution in [0.3, 0.4) is 0 Å². The van der Waals surface area contributed by atoms with Crippen LogP contribution in [0.2, 0.25) is 0 Å². The molecule has 0 saturated carbocycles. The standard InChI is InChI=1S/H3N.3HO2P/c;3*1-3-2/h1H3;2*(H,1,2);3H/p+3. The summed E-state index contributed by atoms with van der Waals surface area (Å²) in [5.74, 6) is 0. The first kappa shape index (κ1) is 22.5. The van der Waals surface area contributed by atoms with E-state index >= 15 is 0 Å². The second-order valence-corrected chi connectivity index (χ2v) is 0.764. The van der Waals surface area contributed by atoms with E-state index in [1.54, 1.807) is 0 Å². The van der Waals surface area contributed by atoms with Crippen molar-refractivity contribution in [2.45, 2.75) is 0 Å². The summed E-state index contributed by atoms with van der Waals surface area (Å²) in [5.41, 5.74) is 0. The molecule has 0 aromatic rings. The maximum atomic E-state index is 8.51. The topological polar surface area (TPSA) is 147 Å². The van der Waals surface area contributed by atoms with E-state index in [1.807, 2.05) is 0 Å². The molecule has 0 aliphatic heterocycles. The monoisotopic (exact) mass is 212 g/mol. The van der Waals surface area contributed by atoms with E-state index < -0.39 is 26.1 Å². The van der Waals surface area contributed by atoms with Crippen molar-refractivity contribution in [3.63, 3.8) is 0 Å². The van der Waals surface area contributed by atoms with E-state index in [1.165, 1.54) is 0 Å². The van der Waals surface area contributed by atoms with Crippen molar-refractivity contribution in [2.75, 3.05) is 0 Å². The summed E-state index contributed by atoms with van der Waals surface area (Å²) in [6.07, 6.45) is 0. The summed E-state index contributed by atoms with van der Waals surface area (Å²) < 4.78 is 25.4. The Kier molecular flexibility index (Phi) is 138. The van der Waals surface area contributed by atoms with Gasteiger partial charge in [-0.2, -0.15) is 4.89 Å². The average molecular weight is 212 g/mol. The van der Waals surface area contributed by atoms with E-state index in [4.69, 9.17) is 28.4 Å². The fraction of sp³-hybridized carbons (Fsp3) is 0. The molecule has 0 aromatic heterocycles. The van der Waals surface area contributed by atoms with Crippen molar-refractivity contribution in [3.05, 3.63) is 0 Å². The molecule has 0 rings (SSSR count).